The Kier molecular flexibility index (Phi) is 2.56. The fourth-order valence-corrected chi connectivity index (χ4v) is 1.96. The Morgan fingerprint density at radius 2 is 2.12 bits per heavy atom. The highest BCUT2D eigenvalue weighted by molar-refractivity contribution is 5.47. The molecule has 0 amide bonds. The molecule has 0 spiro atoms. The van der Waals surface area contributed by atoms with E-state index in [2.05, 4.69) is 15.0 Å². The second kappa shape index (κ2) is 4.21. The summed E-state index contributed by atoms with van der Waals surface area (Å²) in [6, 6.07) is 3.61. The third-order valence-corrected chi connectivity index (χ3v) is 2.88. The van der Waals surface area contributed by atoms with Crippen molar-refractivity contribution in [3.05, 3.63) is 17.9 Å². The first-order valence-corrected chi connectivity index (χ1v) is 5.74. The summed E-state index contributed by atoms with van der Waals surface area (Å²) in [7, 11) is 0. The molecule has 6 heteroatoms. The molecule has 2 aromatic heterocycles. The number of anilines is 1. The molecule has 2 N–H and O–H groups in total. The lowest BCUT2D eigenvalue weighted by atomic mass is 10.4. The smallest absolute Gasteiger partial charge is 0.295 e. The van der Waals surface area contributed by atoms with Crippen LogP contribution >= 0.6 is 0 Å². The summed E-state index contributed by atoms with van der Waals surface area (Å²) in [5.74, 6) is 2.33. The third-order valence-electron chi connectivity index (χ3n) is 2.88. The fraction of sp³-hybridized carbons (Fsp3) is 0.455. The van der Waals surface area contributed by atoms with Crippen LogP contribution in [0.4, 0.5) is 5.95 Å². The summed E-state index contributed by atoms with van der Waals surface area (Å²) in [5, 5.41) is 3.96. The summed E-state index contributed by atoms with van der Waals surface area (Å²) >= 11 is 0. The minimum absolute atomic E-state index is 0.368. The van der Waals surface area contributed by atoms with Crippen LogP contribution < -0.4 is 10.6 Å². The summed E-state index contributed by atoms with van der Waals surface area (Å²) in [6.45, 7) is 2.35. The average Bonchev–Trinajstić information content (AvgIpc) is 3.09. The van der Waals surface area contributed by atoms with Crippen molar-refractivity contribution in [2.24, 2.45) is 5.73 Å². The van der Waals surface area contributed by atoms with E-state index in [-0.39, 0.29) is 0 Å². The molecule has 0 atom stereocenters. The van der Waals surface area contributed by atoms with Gasteiger partial charge in [0.2, 0.25) is 0 Å². The van der Waals surface area contributed by atoms with E-state index in [1.807, 2.05) is 6.07 Å². The van der Waals surface area contributed by atoms with Gasteiger partial charge in [-0.3, -0.25) is 0 Å². The van der Waals surface area contributed by atoms with Crippen molar-refractivity contribution < 1.29 is 8.94 Å². The number of furan rings is 1. The molecule has 0 radical (unpaired) electrons. The van der Waals surface area contributed by atoms with Crippen molar-refractivity contribution in [3.63, 3.8) is 0 Å². The van der Waals surface area contributed by atoms with E-state index < -0.39 is 0 Å². The van der Waals surface area contributed by atoms with Crippen LogP contribution in [0.1, 0.15) is 18.6 Å². The maximum absolute atomic E-state index is 5.48. The lowest BCUT2D eigenvalue weighted by Gasteiger charge is -2.09. The second-order valence-electron chi connectivity index (χ2n) is 4.06. The van der Waals surface area contributed by atoms with E-state index in [0.717, 1.165) is 13.1 Å². The summed E-state index contributed by atoms with van der Waals surface area (Å²) in [5.41, 5.74) is 5.48. The highest BCUT2D eigenvalue weighted by Crippen LogP contribution is 2.24. The van der Waals surface area contributed by atoms with Crippen molar-refractivity contribution >= 4 is 5.95 Å². The molecule has 0 aromatic carbocycles. The Morgan fingerprint density at radius 1 is 1.29 bits per heavy atom. The molecular formula is C11H14N4O2. The minimum atomic E-state index is 0.368. The van der Waals surface area contributed by atoms with Gasteiger partial charge in [-0.1, -0.05) is 0 Å². The van der Waals surface area contributed by atoms with Gasteiger partial charge in [0.1, 0.15) is 5.76 Å². The lowest BCUT2D eigenvalue weighted by Crippen LogP contribution is -2.18. The van der Waals surface area contributed by atoms with Crippen LogP contribution in [0.2, 0.25) is 0 Å². The maximum atomic E-state index is 5.48. The van der Waals surface area contributed by atoms with E-state index in [1.54, 1.807) is 6.07 Å². The second-order valence-corrected chi connectivity index (χ2v) is 4.06. The molecule has 3 rings (SSSR count). The van der Waals surface area contributed by atoms with Gasteiger partial charge in [-0.25, -0.2) is 0 Å². The molecule has 17 heavy (non-hydrogen) atoms. The molecule has 1 saturated heterocycles. The summed E-state index contributed by atoms with van der Waals surface area (Å²) in [6.07, 6.45) is 2.36. The van der Waals surface area contributed by atoms with E-state index in [4.69, 9.17) is 14.7 Å². The first-order valence-electron chi connectivity index (χ1n) is 5.74. The SMILES string of the molecule is NCc1ccc(-c2nc(N3CCCC3)no2)o1. The van der Waals surface area contributed by atoms with Gasteiger partial charge in [0.15, 0.2) is 5.76 Å². The quantitative estimate of drug-likeness (QED) is 0.864. The molecule has 1 fully saturated rings. The van der Waals surface area contributed by atoms with Gasteiger partial charge < -0.3 is 19.6 Å². The Balaban J connectivity index is 1.83. The molecule has 2 aromatic rings. The lowest BCUT2D eigenvalue weighted by molar-refractivity contribution is 0.410. The van der Waals surface area contributed by atoms with Crippen molar-refractivity contribution in [2.75, 3.05) is 18.0 Å². The molecule has 1 aliphatic heterocycles. The number of hydrogen-bond donors (Lipinski definition) is 1. The molecular weight excluding hydrogens is 220 g/mol. The largest absolute Gasteiger partial charge is 0.455 e. The van der Waals surface area contributed by atoms with Crippen LogP contribution in [-0.4, -0.2) is 23.2 Å². The maximum Gasteiger partial charge on any atom is 0.295 e. The monoisotopic (exact) mass is 234 g/mol. The van der Waals surface area contributed by atoms with E-state index in [1.165, 1.54) is 12.8 Å². The summed E-state index contributed by atoms with van der Waals surface area (Å²) < 4.78 is 10.6. The Labute approximate surface area is 98.4 Å². The number of hydrogen-bond acceptors (Lipinski definition) is 6. The molecule has 1 aliphatic rings. The molecule has 90 valence electrons. The zero-order chi connectivity index (χ0) is 11.7. The molecule has 0 saturated carbocycles. The van der Waals surface area contributed by atoms with Crippen molar-refractivity contribution in [1.82, 2.24) is 10.1 Å². The van der Waals surface area contributed by atoms with Crippen LogP contribution in [0.25, 0.3) is 11.7 Å². The normalized spacial score (nSPS) is 15.7. The average molecular weight is 234 g/mol. The minimum Gasteiger partial charge on any atom is -0.455 e. The Hall–Kier alpha value is -1.82. The Bertz CT molecular complexity index is 499. The predicted molar refractivity (Wildman–Crippen MR) is 61.3 cm³/mol. The first kappa shape index (κ1) is 10.3. The van der Waals surface area contributed by atoms with E-state index in [0.29, 0.717) is 29.9 Å². The van der Waals surface area contributed by atoms with Crippen molar-refractivity contribution in [2.45, 2.75) is 19.4 Å². The Morgan fingerprint density at radius 3 is 2.82 bits per heavy atom. The molecule has 0 unspecified atom stereocenters. The number of aromatic nitrogens is 2. The number of nitrogens with two attached hydrogens (primary N) is 1. The van der Waals surface area contributed by atoms with Crippen LogP contribution in [0, 0.1) is 0 Å². The van der Waals surface area contributed by atoms with Crippen molar-refractivity contribution in [1.29, 1.82) is 0 Å². The molecule has 3 heterocycles. The fourth-order valence-electron chi connectivity index (χ4n) is 1.96. The topological polar surface area (TPSA) is 81.3 Å². The molecule has 0 aliphatic carbocycles. The zero-order valence-corrected chi connectivity index (χ0v) is 9.43. The van der Waals surface area contributed by atoms with E-state index in [9.17, 15) is 0 Å². The van der Waals surface area contributed by atoms with Gasteiger partial charge in [0.05, 0.1) is 6.54 Å². The van der Waals surface area contributed by atoms with Gasteiger partial charge in [0.25, 0.3) is 11.8 Å². The van der Waals surface area contributed by atoms with Gasteiger partial charge in [-0.15, -0.1) is 0 Å². The van der Waals surface area contributed by atoms with E-state index >= 15 is 0 Å². The van der Waals surface area contributed by atoms with Crippen LogP contribution in [0.5, 0.6) is 0 Å². The zero-order valence-electron chi connectivity index (χ0n) is 9.43. The highest BCUT2D eigenvalue weighted by Gasteiger charge is 2.19. The van der Waals surface area contributed by atoms with Crippen LogP contribution in [0.3, 0.4) is 0 Å². The standard InChI is InChI=1S/C11H14N4O2/c12-7-8-3-4-9(16-8)10-13-11(14-17-10)15-5-1-2-6-15/h3-4H,1-2,5-7,12H2. The van der Waals surface area contributed by atoms with Gasteiger partial charge >= 0.3 is 0 Å². The summed E-state index contributed by atoms with van der Waals surface area (Å²) in [4.78, 5) is 6.43. The molecule has 0 bridgehead atoms. The van der Waals surface area contributed by atoms with Crippen LogP contribution in [0.15, 0.2) is 21.1 Å². The number of rotatable bonds is 3. The predicted octanol–water partition coefficient (Wildman–Crippen LogP) is 1.39. The van der Waals surface area contributed by atoms with Gasteiger partial charge in [0, 0.05) is 13.1 Å². The van der Waals surface area contributed by atoms with Crippen LogP contribution in [-0.2, 0) is 6.54 Å². The highest BCUT2D eigenvalue weighted by atomic mass is 16.5. The molecule has 6 nitrogen and oxygen atoms in total. The van der Waals surface area contributed by atoms with Crippen molar-refractivity contribution in [3.8, 4) is 11.7 Å². The first-order chi connectivity index (χ1) is 8.36. The number of nitrogens with zero attached hydrogens (tertiary/aromatic N) is 3. The van der Waals surface area contributed by atoms with Gasteiger partial charge in [-0.2, -0.15) is 4.98 Å². The van der Waals surface area contributed by atoms with Gasteiger partial charge in [-0.05, 0) is 30.1 Å². The third kappa shape index (κ3) is 1.91.